The van der Waals surface area contributed by atoms with Gasteiger partial charge in [0.2, 0.25) is 5.82 Å². The van der Waals surface area contributed by atoms with Gasteiger partial charge >= 0.3 is 0 Å². The second-order valence-corrected chi connectivity index (χ2v) is 6.09. The highest BCUT2D eigenvalue weighted by atomic mass is 16.5. The van der Waals surface area contributed by atoms with Gasteiger partial charge in [-0.1, -0.05) is 71.4 Å². The molecule has 0 aliphatic heterocycles. The molecule has 5 nitrogen and oxygen atoms in total. The van der Waals surface area contributed by atoms with Gasteiger partial charge in [0, 0.05) is 11.1 Å². The molecule has 0 radical (unpaired) electrons. The molecule has 27 heavy (non-hydrogen) atoms. The molecule has 4 aromatic rings. The van der Waals surface area contributed by atoms with Gasteiger partial charge in [-0.2, -0.15) is 10.1 Å². The van der Waals surface area contributed by atoms with E-state index in [9.17, 15) is 0 Å². The molecule has 0 aliphatic rings. The molecule has 0 unspecified atom stereocenters. The first kappa shape index (κ1) is 16.7. The van der Waals surface area contributed by atoms with Crippen LogP contribution in [0.2, 0.25) is 0 Å². The van der Waals surface area contributed by atoms with Crippen LogP contribution >= 0.6 is 0 Å². The van der Waals surface area contributed by atoms with Crippen LogP contribution in [0.15, 0.2) is 94.6 Å². The molecular weight excluding hydrogens is 336 g/mol. The minimum absolute atomic E-state index is 0.430. The van der Waals surface area contributed by atoms with Crippen LogP contribution in [0.3, 0.4) is 0 Å². The summed E-state index contributed by atoms with van der Waals surface area (Å²) in [4.78, 5) is 4.54. The van der Waals surface area contributed by atoms with Crippen molar-refractivity contribution in [3.63, 3.8) is 0 Å². The molecular formula is C22H18N4O. The highest BCUT2D eigenvalue weighted by molar-refractivity contribution is 6.10. The molecule has 1 aromatic heterocycles. The Morgan fingerprint density at radius 1 is 0.852 bits per heavy atom. The van der Waals surface area contributed by atoms with E-state index >= 15 is 0 Å². The summed E-state index contributed by atoms with van der Waals surface area (Å²) < 4.78 is 5.45. The molecule has 0 bridgehead atoms. The normalized spacial score (nSPS) is 11.4. The third kappa shape index (κ3) is 3.93. The summed E-state index contributed by atoms with van der Waals surface area (Å²) in [5, 5.41) is 8.69. The quantitative estimate of drug-likeness (QED) is 0.408. The molecule has 0 atom stereocenters. The summed E-state index contributed by atoms with van der Waals surface area (Å²) in [5.41, 5.74) is 7.55. The van der Waals surface area contributed by atoms with E-state index in [-0.39, 0.29) is 0 Å². The summed E-state index contributed by atoms with van der Waals surface area (Å²) in [5.74, 6) is 0.893. The van der Waals surface area contributed by atoms with Gasteiger partial charge in [0.15, 0.2) is 0 Å². The highest BCUT2D eigenvalue weighted by Crippen LogP contribution is 2.18. The van der Waals surface area contributed by atoms with E-state index in [1.165, 1.54) is 5.56 Å². The minimum atomic E-state index is 0.430. The van der Waals surface area contributed by atoms with Crippen molar-refractivity contribution < 1.29 is 4.52 Å². The van der Waals surface area contributed by atoms with Crippen LogP contribution in [0.4, 0.5) is 5.69 Å². The van der Waals surface area contributed by atoms with Crippen molar-refractivity contribution in [3.8, 4) is 11.5 Å². The van der Waals surface area contributed by atoms with Gasteiger partial charge in [-0.05, 0) is 31.2 Å². The third-order valence-electron chi connectivity index (χ3n) is 4.05. The van der Waals surface area contributed by atoms with Crippen molar-refractivity contribution in [2.45, 2.75) is 6.92 Å². The fraction of sp³-hybridized carbons (Fsp3) is 0.0455. The highest BCUT2D eigenvalue weighted by Gasteiger charge is 2.16. The van der Waals surface area contributed by atoms with Crippen LogP contribution in [-0.4, -0.2) is 15.9 Å². The molecule has 1 N–H and O–H groups in total. The number of hydrogen-bond acceptors (Lipinski definition) is 5. The molecule has 0 amide bonds. The average molecular weight is 354 g/mol. The van der Waals surface area contributed by atoms with Gasteiger partial charge < -0.3 is 4.52 Å². The van der Waals surface area contributed by atoms with Crippen LogP contribution < -0.4 is 5.43 Å². The van der Waals surface area contributed by atoms with E-state index < -0.39 is 0 Å². The molecule has 5 heteroatoms. The smallest absolute Gasteiger partial charge is 0.258 e. The molecule has 4 rings (SSSR count). The number of anilines is 1. The summed E-state index contributed by atoms with van der Waals surface area (Å²) in [7, 11) is 0. The molecule has 0 fully saturated rings. The van der Waals surface area contributed by atoms with E-state index in [0.717, 1.165) is 16.8 Å². The molecule has 3 aromatic carbocycles. The Labute approximate surface area is 157 Å². The zero-order valence-corrected chi connectivity index (χ0v) is 14.8. The lowest BCUT2D eigenvalue weighted by Gasteiger charge is -2.05. The lowest BCUT2D eigenvalue weighted by Crippen LogP contribution is -2.08. The van der Waals surface area contributed by atoms with Crippen LogP contribution in [-0.2, 0) is 0 Å². The largest absolute Gasteiger partial charge is 0.334 e. The van der Waals surface area contributed by atoms with Crippen LogP contribution in [0.5, 0.6) is 0 Å². The van der Waals surface area contributed by atoms with Crippen molar-refractivity contribution >= 4 is 11.4 Å². The SMILES string of the molecule is Cc1ccc(N/N=C(\c2ccccc2)c2noc(-c3ccccc3)n2)cc1. The number of nitrogens with one attached hydrogen (secondary N) is 1. The van der Waals surface area contributed by atoms with Crippen LogP contribution in [0.1, 0.15) is 17.0 Å². The predicted molar refractivity (Wildman–Crippen MR) is 107 cm³/mol. The lowest BCUT2D eigenvalue weighted by molar-refractivity contribution is 0.429. The van der Waals surface area contributed by atoms with Crippen molar-refractivity contribution in [1.82, 2.24) is 10.1 Å². The zero-order valence-electron chi connectivity index (χ0n) is 14.8. The van der Waals surface area contributed by atoms with Crippen LogP contribution in [0.25, 0.3) is 11.5 Å². The Bertz CT molecular complexity index is 1040. The maximum atomic E-state index is 5.45. The van der Waals surface area contributed by atoms with Gasteiger partial charge in [-0.3, -0.25) is 5.43 Å². The first-order valence-electron chi connectivity index (χ1n) is 8.65. The number of benzene rings is 3. The monoisotopic (exact) mass is 354 g/mol. The summed E-state index contributed by atoms with van der Waals surface area (Å²) in [6, 6.07) is 27.5. The van der Waals surface area contributed by atoms with Crippen molar-refractivity contribution in [3.05, 3.63) is 102 Å². The standard InChI is InChI=1S/C22H18N4O/c1-16-12-14-19(15-13-16)24-25-20(17-8-4-2-5-9-17)21-23-22(27-26-21)18-10-6-3-7-11-18/h2-15,24H,1H3/b25-20+. The van der Waals surface area contributed by atoms with Crippen LogP contribution in [0, 0.1) is 6.92 Å². The number of rotatable bonds is 5. The van der Waals surface area contributed by atoms with Crippen molar-refractivity contribution in [1.29, 1.82) is 0 Å². The number of hydrogen-bond donors (Lipinski definition) is 1. The molecule has 0 saturated heterocycles. The van der Waals surface area contributed by atoms with Crippen molar-refractivity contribution in [2.75, 3.05) is 5.43 Å². The molecule has 0 spiro atoms. The van der Waals surface area contributed by atoms with Gasteiger partial charge in [-0.25, -0.2) is 0 Å². The Morgan fingerprint density at radius 2 is 1.52 bits per heavy atom. The Kier molecular flexibility index (Phi) is 4.74. The number of hydrazone groups is 1. The summed E-state index contributed by atoms with van der Waals surface area (Å²) >= 11 is 0. The summed E-state index contributed by atoms with van der Waals surface area (Å²) in [6.45, 7) is 2.05. The van der Waals surface area contributed by atoms with Gasteiger partial charge in [0.25, 0.3) is 5.89 Å². The van der Waals surface area contributed by atoms with Crippen molar-refractivity contribution in [2.24, 2.45) is 5.10 Å². The number of nitrogens with zero attached hydrogens (tertiary/aromatic N) is 3. The second-order valence-electron chi connectivity index (χ2n) is 6.09. The van der Waals surface area contributed by atoms with Gasteiger partial charge in [0.1, 0.15) is 5.71 Å². The van der Waals surface area contributed by atoms with E-state index in [1.54, 1.807) is 0 Å². The Hall–Kier alpha value is -3.73. The van der Waals surface area contributed by atoms with E-state index in [1.807, 2.05) is 91.9 Å². The Balaban J connectivity index is 1.69. The topological polar surface area (TPSA) is 63.3 Å². The van der Waals surface area contributed by atoms with E-state index in [2.05, 4.69) is 20.7 Å². The molecule has 1 heterocycles. The minimum Gasteiger partial charge on any atom is -0.334 e. The average Bonchev–Trinajstić information content (AvgIpc) is 3.21. The zero-order chi connectivity index (χ0) is 18.5. The molecule has 132 valence electrons. The maximum Gasteiger partial charge on any atom is 0.258 e. The second kappa shape index (κ2) is 7.66. The lowest BCUT2D eigenvalue weighted by atomic mass is 10.1. The van der Waals surface area contributed by atoms with Gasteiger partial charge in [0.05, 0.1) is 5.69 Å². The Morgan fingerprint density at radius 3 is 2.22 bits per heavy atom. The number of aromatic nitrogens is 2. The fourth-order valence-corrected chi connectivity index (χ4v) is 2.61. The van der Waals surface area contributed by atoms with E-state index in [4.69, 9.17) is 4.52 Å². The third-order valence-corrected chi connectivity index (χ3v) is 4.05. The number of aryl methyl sites for hydroxylation is 1. The molecule has 0 saturated carbocycles. The molecule has 0 aliphatic carbocycles. The fourth-order valence-electron chi connectivity index (χ4n) is 2.61. The van der Waals surface area contributed by atoms with Gasteiger partial charge in [-0.15, -0.1) is 0 Å². The first-order chi connectivity index (χ1) is 13.3. The first-order valence-corrected chi connectivity index (χ1v) is 8.65. The summed E-state index contributed by atoms with van der Waals surface area (Å²) in [6.07, 6.45) is 0. The van der Waals surface area contributed by atoms with E-state index in [0.29, 0.717) is 17.4 Å². The maximum absolute atomic E-state index is 5.45. The predicted octanol–water partition coefficient (Wildman–Crippen LogP) is 4.91.